The second kappa shape index (κ2) is 17.1. The Hall–Kier alpha value is -2.30. The van der Waals surface area contributed by atoms with Gasteiger partial charge in [-0.25, -0.2) is 0 Å². The number of morpholine rings is 1. The van der Waals surface area contributed by atoms with Gasteiger partial charge < -0.3 is 44.5 Å². The average Bonchev–Trinajstić information content (AvgIpc) is 2.98. The van der Waals surface area contributed by atoms with Crippen molar-refractivity contribution in [1.29, 1.82) is 0 Å². The van der Waals surface area contributed by atoms with E-state index in [0.717, 1.165) is 13.1 Å². The summed E-state index contributed by atoms with van der Waals surface area (Å²) in [7, 11) is 1.47. The van der Waals surface area contributed by atoms with E-state index in [2.05, 4.69) is 32.8 Å². The van der Waals surface area contributed by atoms with Gasteiger partial charge in [0.2, 0.25) is 11.8 Å². The van der Waals surface area contributed by atoms with E-state index in [1.165, 1.54) is 14.0 Å². The number of carbonyl (C=O) groups excluding carboxylic acids is 3. The Balaban J connectivity index is 1.94. The van der Waals surface area contributed by atoms with Gasteiger partial charge in [-0.05, 0) is 59.7 Å². The summed E-state index contributed by atoms with van der Waals surface area (Å²) in [5.41, 5.74) is 0.938. The number of ether oxygens (including phenoxy) is 3. The molecule has 2 amide bonds. The van der Waals surface area contributed by atoms with Crippen LogP contribution in [-0.2, 0) is 25.7 Å². The molecule has 234 valence electrons. The first-order chi connectivity index (χ1) is 20.2. The molecule has 1 saturated heterocycles. The number of aliphatic hydroxyl groups is 3. The first-order valence-corrected chi connectivity index (χ1v) is 15.3. The highest BCUT2D eigenvalue weighted by Gasteiger charge is 2.41. The third kappa shape index (κ3) is 9.61. The number of Topliss-reactive ketones (excluding diaryl/α,β-unsaturated/α-hetero) is 1. The Bertz CT molecular complexity index is 1110. The molecule has 3 rings (SSSR count). The van der Waals surface area contributed by atoms with Crippen molar-refractivity contribution in [3.63, 3.8) is 0 Å². The van der Waals surface area contributed by atoms with Gasteiger partial charge in [-0.2, -0.15) is 0 Å². The van der Waals surface area contributed by atoms with Crippen LogP contribution in [-0.4, -0.2) is 121 Å². The van der Waals surface area contributed by atoms with Gasteiger partial charge in [-0.15, -0.1) is 0 Å². The van der Waals surface area contributed by atoms with Crippen LogP contribution in [0, 0.1) is 3.57 Å². The Morgan fingerprint density at radius 1 is 1.19 bits per heavy atom. The maximum Gasteiger partial charge on any atom is 0.247 e. The molecule has 0 spiro atoms. The highest BCUT2D eigenvalue weighted by molar-refractivity contribution is 14.1. The van der Waals surface area contributed by atoms with Gasteiger partial charge in [0, 0.05) is 57.6 Å². The lowest BCUT2D eigenvalue weighted by Gasteiger charge is -2.41. The molecular weight excluding hydrogens is 661 g/mol. The highest BCUT2D eigenvalue weighted by Crippen LogP contribution is 2.37. The Kier molecular flexibility index (Phi) is 13.9. The molecule has 3 atom stereocenters. The summed E-state index contributed by atoms with van der Waals surface area (Å²) in [5, 5.41) is 33.2. The minimum Gasteiger partial charge on any atom is -0.493 e. The van der Waals surface area contributed by atoms with Crippen molar-refractivity contribution in [1.82, 2.24) is 15.1 Å². The number of benzene rings is 1. The molecule has 1 aromatic carbocycles. The molecule has 0 radical (unpaired) electrons. The number of methoxy groups -OCH3 is 1. The van der Waals surface area contributed by atoms with Gasteiger partial charge in [0.25, 0.3) is 0 Å². The number of hydrogen-bond donors (Lipinski definition) is 4. The topological polar surface area (TPSA) is 158 Å². The summed E-state index contributed by atoms with van der Waals surface area (Å²) in [4.78, 5) is 42.0. The number of carbonyl (C=O) groups is 3. The quantitative estimate of drug-likeness (QED) is 0.191. The van der Waals surface area contributed by atoms with Gasteiger partial charge in [0.15, 0.2) is 11.5 Å². The minimum atomic E-state index is -1.20. The van der Waals surface area contributed by atoms with Crippen molar-refractivity contribution in [2.24, 2.45) is 0 Å². The Morgan fingerprint density at radius 2 is 1.93 bits per heavy atom. The smallest absolute Gasteiger partial charge is 0.247 e. The molecule has 1 aromatic rings. The fraction of sp³-hybridized carbons (Fsp3) is 0.621. The lowest BCUT2D eigenvalue weighted by Crippen LogP contribution is -2.56. The maximum absolute atomic E-state index is 13.6. The molecule has 0 aromatic heterocycles. The van der Waals surface area contributed by atoms with Crippen LogP contribution in [0.5, 0.6) is 11.5 Å². The summed E-state index contributed by atoms with van der Waals surface area (Å²) in [6, 6.07) is 2.58. The molecule has 1 aliphatic heterocycles. The zero-order chi connectivity index (χ0) is 30.6. The summed E-state index contributed by atoms with van der Waals surface area (Å²) >= 11 is 2.05. The Labute approximate surface area is 260 Å². The largest absolute Gasteiger partial charge is 0.493 e. The van der Waals surface area contributed by atoms with E-state index < -0.39 is 24.2 Å². The predicted molar refractivity (Wildman–Crippen MR) is 162 cm³/mol. The SMILES string of the molecule is COc1cc(CO)cc(I)c1O[C@H]1C=C(C(=O)NCCO)C[C@@H](N(CCN2CCOCC2)C(=O)CCCC(C)=O)[C@@H]1O. The second-order valence-corrected chi connectivity index (χ2v) is 11.5. The van der Waals surface area contributed by atoms with Crippen LogP contribution in [0.25, 0.3) is 0 Å². The molecule has 12 nitrogen and oxygen atoms in total. The van der Waals surface area contributed by atoms with Crippen LogP contribution in [0.2, 0.25) is 0 Å². The monoisotopic (exact) mass is 703 g/mol. The van der Waals surface area contributed by atoms with E-state index in [4.69, 9.17) is 14.2 Å². The van der Waals surface area contributed by atoms with Crippen molar-refractivity contribution in [3.8, 4) is 11.5 Å². The number of nitrogens with one attached hydrogen (secondary N) is 1. The minimum absolute atomic E-state index is 0.00428. The standard InChI is InChI=1S/C29H42IN3O9/c1-19(36)4-3-5-26(37)33(8-7-32-9-12-41-13-10-32)23-16-21(29(39)31-6-11-34)17-24(27(23)38)42-28-22(30)14-20(18-35)15-25(28)40-2/h14-15,17,23-24,27,34-35,38H,3-13,16,18H2,1-2H3,(H,31,39)/t23-,24+,27+/m1/s1. The Morgan fingerprint density at radius 3 is 2.57 bits per heavy atom. The molecule has 13 heteroatoms. The van der Waals surface area contributed by atoms with Gasteiger partial charge in [0.1, 0.15) is 18.0 Å². The normalized spacial score (nSPS) is 20.9. The van der Waals surface area contributed by atoms with Crippen molar-refractivity contribution >= 4 is 40.2 Å². The van der Waals surface area contributed by atoms with Crippen LogP contribution >= 0.6 is 22.6 Å². The highest BCUT2D eigenvalue weighted by atomic mass is 127. The number of rotatable bonds is 15. The summed E-state index contributed by atoms with van der Waals surface area (Å²) in [5.74, 6) is 0.0339. The van der Waals surface area contributed by atoms with Crippen molar-refractivity contribution in [2.45, 2.75) is 57.5 Å². The van der Waals surface area contributed by atoms with E-state index in [0.29, 0.717) is 58.9 Å². The number of ketones is 1. The molecule has 42 heavy (non-hydrogen) atoms. The molecule has 1 heterocycles. The van der Waals surface area contributed by atoms with E-state index in [-0.39, 0.29) is 50.7 Å². The molecule has 0 saturated carbocycles. The van der Waals surface area contributed by atoms with E-state index in [1.807, 2.05) is 0 Å². The molecular formula is C29H42IN3O9. The van der Waals surface area contributed by atoms with Crippen LogP contribution in [0.4, 0.5) is 0 Å². The second-order valence-electron chi connectivity index (χ2n) is 10.4. The summed E-state index contributed by atoms with van der Waals surface area (Å²) in [6.07, 6.45) is 0.203. The lowest BCUT2D eigenvalue weighted by molar-refractivity contribution is -0.139. The van der Waals surface area contributed by atoms with E-state index in [9.17, 15) is 29.7 Å². The zero-order valence-corrected chi connectivity index (χ0v) is 26.4. The van der Waals surface area contributed by atoms with Crippen LogP contribution in [0.3, 0.4) is 0 Å². The van der Waals surface area contributed by atoms with Crippen molar-refractivity contribution in [2.75, 3.05) is 59.7 Å². The van der Waals surface area contributed by atoms with E-state index in [1.54, 1.807) is 23.1 Å². The zero-order valence-electron chi connectivity index (χ0n) is 24.2. The number of amides is 2. The molecule has 0 unspecified atom stereocenters. The molecule has 4 N–H and O–H groups in total. The number of aliphatic hydroxyl groups excluding tert-OH is 3. The fourth-order valence-corrected chi connectivity index (χ4v) is 5.87. The average molecular weight is 704 g/mol. The van der Waals surface area contributed by atoms with Gasteiger partial charge in [-0.3, -0.25) is 14.5 Å². The fourth-order valence-electron chi connectivity index (χ4n) is 5.08. The number of nitrogens with zero attached hydrogens (tertiary/aromatic N) is 2. The third-order valence-electron chi connectivity index (χ3n) is 7.34. The van der Waals surface area contributed by atoms with Crippen molar-refractivity contribution < 1.29 is 43.9 Å². The molecule has 2 aliphatic rings. The van der Waals surface area contributed by atoms with Crippen molar-refractivity contribution in [3.05, 3.63) is 32.9 Å². The van der Waals surface area contributed by atoms with Gasteiger partial charge in [-0.1, -0.05) is 0 Å². The number of hydrogen-bond acceptors (Lipinski definition) is 10. The number of halogens is 1. The van der Waals surface area contributed by atoms with Crippen LogP contribution < -0.4 is 14.8 Å². The molecule has 0 bridgehead atoms. The summed E-state index contributed by atoms with van der Waals surface area (Å²) in [6.45, 7) is 4.61. The predicted octanol–water partition coefficient (Wildman–Crippen LogP) is 0.628. The van der Waals surface area contributed by atoms with Crippen LogP contribution in [0.15, 0.2) is 23.8 Å². The molecule has 1 fully saturated rings. The first-order valence-electron chi connectivity index (χ1n) is 14.2. The maximum atomic E-state index is 13.6. The lowest BCUT2D eigenvalue weighted by atomic mass is 9.87. The van der Waals surface area contributed by atoms with Gasteiger partial charge in [0.05, 0.1) is 43.1 Å². The summed E-state index contributed by atoms with van der Waals surface area (Å²) < 4.78 is 17.9. The van der Waals surface area contributed by atoms with Crippen LogP contribution in [0.1, 0.15) is 38.2 Å². The molecule has 1 aliphatic carbocycles. The van der Waals surface area contributed by atoms with Gasteiger partial charge >= 0.3 is 0 Å². The first kappa shape index (κ1) is 34.2. The van der Waals surface area contributed by atoms with E-state index >= 15 is 0 Å². The third-order valence-corrected chi connectivity index (χ3v) is 8.14.